The summed E-state index contributed by atoms with van der Waals surface area (Å²) in [5.74, 6) is -15.9. The molecule has 0 aromatic heterocycles. The van der Waals surface area contributed by atoms with Crippen LogP contribution < -0.4 is 0 Å². The second kappa shape index (κ2) is 9.60. The molecule has 4 amide bonds. The Hall–Kier alpha value is -2.16. The largest absolute Gasteiger partial charge is 0.396 e. The summed E-state index contributed by atoms with van der Waals surface area (Å²) in [5.41, 5.74) is 0. The molecule has 10 nitrogen and oxygen atoms in total. The molecule has 2 N–H and O–H groups in total. The maximum atomic E-state index is 13.8. The molecular weight excluding hydrogens is 460 g/mol. The number of carbonyl (C=O) groups is 4. The van der Waals surface area contributed by atoms with Crippen LogP contribution in [0.5, 0.6) is 0 Å². The van der Waals surface area contributed by atoms with Crippen molar-refractivity contribution in [3.05, 3.63) is 0 Å². The molecule has 2 heterocycles. The minimum Gasteiger partial charge on any atom is -0.396 e. The van der Waals surface area contributed by atoms with E-state index < -0.39 is 98.4 Å². The van der Waals surface area contributed by atoms with E-state index in [9.17, 15) is 36.7 Å². The van der Waals surface area contributed by atoms with Crippen LogP contribution >= 0.6 is 0 Å². The lowest BCUT2D eigenvalue weighted by Gasteiger charge is -2.21. The Labute approximate surface area is 185 Å². The fraction of sp³-hybridized carbons (Fsp3) is 0.789. The van der Waals surface area contributed by atoms with Gasteiger partial charge >= 0.3 is 0 Å². The number of nitrogens with zero attached hydrogens (tertiary/aromatic N) is 2. The van der Waals surface area contributed by atoms with Crippen molar-refractivity contribution in [1.82, 2.24) is 10.1 Å². The van der Waals surface area contributed by atoms with E-state index in [4.69, 9.17) is 19.9 Å². The molecule has 0 radical (unpaired) electrons. The highest BCUT2D eigenvalue weighted by atomic mass is 19.3. The number of halogens is 4. The molecule has 0 aromatic rings. The van der Waals surface area contributed by atoms with E-state index >= 15 is 0 Å². The minimum atomic E-state index is -3.42. The standard InChI is InChI=1S/C19H24F4N2O8/c20-18(21,3-1-5-26)8-32-24-14(28)10-7-11-13(12(10)16(24)30)17(31)25(15(11)29)33-9-19(22,23)4-2-6-27/h10-13,26-27H,1-9H2. The van der Waals surface area contributed by atoms with E-state index in [2.05, 4.69) is 0 Å². The number of fused-ring (bicyclic) bond motifs is 3. The van der Waals surface area contributed by atoms with Gasteiger partial charge in [-0.05, 0) is 19.3 Å². The molecule has 1 aliphatic carbocycles. The topological polar surface area (TPSA) is 134 Å². The summed E-state index contributed by atoms with van der Waals surface area (Å²) in [7, 11) is 0. The highest BCUT2D eigenvalue weighted by Gasteiger charge is 2.67. The third kappa shape index (κ3) is 5.03. The average molecular weight is 484 g/mol. The van der Waals surface area contributed by atoms with E-state index in [0.29, 0.717) is 0 Å². The maximum Gasteiger partial charge on any atom is 0.273 e. The van der Waals surface area contributed by atoms with E-state index in [1.165, 1.54) is 0 Å². The number of aliphatic hydroxyl groups is 2. The third-order valence-corrected chi connectivity index (χ3v) is 5.98. The molecule has 2 saturated heterocycles. The first kappa shape index (κ1) is 25.5. The summed E-state index contributed by atoms with van der Waals surface area (Å²) < 4.78 is 55.1. The van der Waals surface area contributed by atoms with Gasteiger partial charge in [0.15, 0.2) is 0 Å². The lowest BCUT2D eigenvalue weighted by molar-refractivity contribution is -0.214. The van der Waals surface area contributed by atoms with Gasteiger partial charge in [0.2, 0.25) is 0 Å². The van der Waals surface area contributed by atoms with Gasteiger partial charge in [-0.1, -0.05) is 0 Å². The number of alkyl halides is 4. The van der Waals surface area contributed by atoms with Gasteiger partial charge in [-0.15, -0.1) is 0 Å². The molecule has 2 aliphatic heterocycles. The zero-order valence-corrected chi connectivity index (χ0v) is 17.4. The summed E-state index contributed by atoms with van der Waals surface area (Å²) in [6.45, 7) is -3.56. The first-order valence-electron chi connectivity index (χ1n) is 10.4. The Morgan fingerprint density at radius 1 is 0.727 bits per heavy atom. The fourth-order valence-corrected chi connectivity index (χ4v) is 4.41. The molecule has 33 heavy (non-hydrogen) atoms. The first-order chi connectivity index (χ1) is 15.4. The van der Waals surface area contributed by atoms with Crippen LogP contribution in [0.25, 0.3) is 0 Å². The summed E-state index contributed by atoms with van der Waals surface area (Å²) in [5, 5.41) is 17.7. The minimum absolute atomic E-state index is 0.169. The van der Waals surface area contributed by atoms with Gasteiger partial charge in [0.1, 0.15) is 13.2 Å². The Kier molecular flexibility index (Phi) is 7.41. The Bertz CT molecular complexity index is 747. The number of hydrogen-bond acceptors (Lipinski definition) is 8. The maximum absolute atomic E-state index is 13.8. The summed E-state index contributed by atoms with van der Waals surface area (Å²) in [4.78, 5) is 59.9. The third-order valence-electron chi connectivity index (χ3n) is 5.98. The fourth-order valence-electron chi connectivity index (χ4n) is 4.41. The molecule has 1 saturated carbocycles. The monoisotopic (exact) mass is 484 g/mol. The van der Waals surface area contributed by atoms with E-state index in [0.717, 1.165) is 0 Å². The molecule has 3 aliphatic rings. The van der Waals surface area contributed by atoms with Gasteiger partial charge in [-0.25, -0.2) is 17.6 Å². The summed E-state index contributed by atoms with van der Waals surface area (Å²) in [6, 6.07) is 0. The predicted molar refractivity (Wildman–Crippen MR) is 96.7 cm³/mol. The molecular formula is C19H24F4N2O8. The summed E-state index contributed by atoms with van der Waals surface area (Å²) in [6.07, 6.45) is -2.18. The second-order valence-electron chi connectivity index (χ2n) is 8.36. The van der Waals surface area contributed by atoms with E-state index in [-0.39, 0.29) is 29.4 Å². The number of rotatable bonds is 12. The van der Waals surface area contributed by atoms with Crippen molar-refractivity contribution < 1.29 is 56.6 Å². The van der Waals surface area contributed by atoms with Gasteiger partial charge < -0.3 is 10.2 Å². The molecule has 4 atom stereocenters. The van der Waals surface area contributed by atoms with Gasteiger partial charge in [-0.2, -0.15) is 10.1 Å². The van der Waals surface area contributed by atoms with Gasteiger partial charge in [0, 0.05) is 26.1 Å². The number of hydroxylamine groups is 4. The Morgan fingerprint density at radius 3 is 1.42 bits per heavy atom. The molecule has 14 heteroatoms. The van der Waals surface area contributed by atoms with Crippen molar-refractivity contribution in [2.45, 2.75) is 43.9 Å². The van der Waals surface area contributed by atoms with Crippen molar-refractivity contribution in [2.75, 3.05) is 26.4 Å². The number of imide groups is 2. The van der Waals surface area contributed by atoms with Crippen LogP contribution in [0.15, 0.2) is 0 Å². The molecule has 0 bridgehead atoms. The van der Waals surface area contributed by atoms with Crippen LogP contribution in [0.1, 0.15) is 32.1 Å². The van der Waals surface area contributed by atoms with Crippen LogP contribution in [-0.4, -0.2) is 82.2 Å². The second-order valence-corrected chi connectivity index (χ2v) is 8.36. The number of hydrogen-bond donors (Lipinski definition) is 2. The van der Waals surface area contributed by atoms with Crippen molar-refractivity contribution in [2.24, 2.45) is 23.7 Å². The van der Waals surface area contributed by atoms with Crippen molar-refractivity contribution >= 4 is 23.6 Å². The smallest absolute Gasteiger partial charge is 0.273 e. The highest BCUT2D eigenvalue weighted by Crippen LogP contribution is 2.51. The molecule has 3 rings (SSSR count). The zero-order chi connectivity index (χ0) is 24.6. The molecule has 4 unspecified atom stereocenters. The average Bonchev–Trinajstić information content (AvgIpc) is 3.33. The van der Waals surface area contributed by atoms with Crippen molar-refractivity contribution in [1.29, 1.82) is 0 Å². The molecule has 186 valence electrons. The molecule has 3 fully saturated rings. The van der Waals surface area contributed by atoms with Crippen molar-refractivity contribution in [3.8, 4) is 0 Å². The first-order valence-corrected chi connectivity index (χ1v) is 10.4. The van der Waals surface area contributed by atoms with Crippen LogP contribution in [0.2, 0.25) is 0 Å². The molecule has 0 aromatic carbocycles. The number of carbonyl (C=O) groups excluding carboxylic acids is 4. The lowest BCUT2D eigenvalue weighted by Crippen LogP contribution is -2.39. The van der Waals surface area contributed by atoms with Crippen LogP contribution in [-0.2, 0) is 28.9 Å². The lowest BCUT2D eigenvalue weighted by atomic mass is 9.89. The summed E-state index contributed by atoms with van der Waals surface area (Å²) >= 11 is 0. The van der Waals surface area contributed by atoms with Crippen LogP contribution in [0.4, 0.5) is 17.6 Å². The highest BCUT2D eigenvalue weighted by molar-refractivity contribution is 6.12. The van der Waals surface area contributed by atoms with Gasteiger partial charge in [0.25, 0.3) is 35.5 Å². The predicted octanol–water partition coefficient (Wildman–Crippen LogP) is 0.271. The van der Waals surface area contributed by atoms with Crippen LogP contribution in [0, 0.1) is 23.7 Å². The SMILES string of the molecule is O=C1C2CC3C(=O)N(OCC(F)(F)CCCO)C(=O)C3C2C(=O)N1OCC(F)(F)CCCO. The van der Waals surface area contributed by atoms with Crippen LogP contribution in [0.3, 0.4) is 0 Å². The number of aliphatic hydroxyl groups excluding tert-OH is 2. The van der Waals surface area contributed by atoms with Gasteiger partial charge in [-0.3, -0.25) is 28.9 Å². The Morgan fingerprint density at radius 2 is 1.09 bits per heavy atom. The Balaban J connectivity index is 1.65. The number of amides is 4. The van der Waals surface area contributed by atoms with E-state index in [1.807, 2.05) is 0 Å². The van der Waals surface area contributed by atoms with Crippen molar-refractivity contribution in [3.63, 3.8) is 0 Å². The normalized spacial score (nSPS) is 27.7. The molecule has 0 spiro atoms. The quantitative estimate of drug-likeness (QED) is 0.298. The zero-order valence-electron chi connectivity index (χ0n) is 17.4. The van der Waals surface area contributed by atoms with E-state index in [1.54, 1.807) is 0 Å². The van der Waals surface area contributed by atoms with Gasteiger partial charge in [0.05, 0.1) is 23.7 Å².